The lowest BCUT2D eigenvalue weighted by Gasteiger charge is -2.41. The van der Waals surface area contributed by atoms with Gasteiger partial charge in [-0.15, -0.1) is 0 Å². The molecule has 0 saturated carbocycles. The number of unbranched alkanes of at least 4 members (excludes halogenated alkanes) is 1. The van der Waals surface area contributed by atoms with Crippen LogP contribution in [0.1, 0.15) is 65.0 Å². The molecule has 0 amide bonds. The predicted octanol–water partition coefficient (Wildman–Crippen LogP) is -0.607. The predicted molar refractivity (Wildman–Crippen MR) is 180 cm³/mol. The standard InChI is InChI=1S/C36H41NO18/c1-2-3-4-15-7-13(12-37-15)8-16-21(11-22-23(24(16)41)19(40)10-20(51-22)14-5-6-17(38)18(39)9-14)52-35-29(46)26(43)28(45)32(54-35)34(50)55-36-30(47)25(42)27(44)31(53-36)33(48)49/h5-7,9,11-12,20,25-32,35-39,41-47H,2-4,8,10H2,1H3,(H,48,49)/t20?,25-,26-,27-,28-,29+,30+,31-,32-,35-,36+/m0/s1. The van der Waals surface area contributed by atoms with Crippen LogP contribution in [0.2, 0.25) is 0 Å². The topological polar surface area (TPSA) is 315 Å². The average Bonchev–Trinajstić information content (AvgIpc) is 3.60. The quantitative estimate of drug-likeness (QED) is 0.0855. The Labute approximate surface area is 311 Å². The van der Waals surface area contributed by atoms with Crippen molar-refractivity contribution in [2.75, 3.05) is 0 Å². The first-order chi connectivity index (χ1) is 26.1. The number of carboxylic acid groups (broad SMARTS) is 1. The number of phenolic OH excluding ortho intramolecular Hbond substituents is 3. The number of carboxylic acids is 1. The van der Waals surface area contributed by atoms with Crippen molar-refractivity contribution in [3.63, 3.8) is 0 Å². The van der Waals surface area contributed by atoms with Crippen LogP contribution in [0.15, 0.2) is 36.5 Å². The van der Waals surface area contributed by atoms with Gasteiger partial charge in [0, 0.05) is 29.9 Å². The van der Waals surface area contributed by atoms with E-state index in [4.69, 9.17) is 23.7 Å². The summed E-state index contributed by atoms with van der Waals surface area (Å²) in [4.78, 5) is 41.4. The summed E-state index contributed by atoms with van der Waals surface area (Å²) in [5.74, 6) is -5.77. The largest absolute Gasteiger partial charge is 0.507 e. The van der Waals surface area contributed by atoms with Gasteiger partial charge in [-0.3, -0.25) is 4.79 Å². The number of hydrogen-bond donors (Lipinski definition) is 11. The van der Waals surface area contributed by atoms with Crippen LogP contribution in [0.4, 0.5) is 0 Å². The summed E-state index contributed by atoms with van der Waals surface area (Å²) < 4.78 is 27.5. The van der Waals surface area contributed by atoms with Crippen molar-refractivity contribution in [2.45, 2.75) is 107 Å². The second kappa shape index (κ2) is 16.0. The molecule has 2 saturated heterocycles. The van der Waals surface area contributed by atoms with E-state index in [-0.39, 0.29) is 35.5 Å². The number of phenols is 3. The summed E-state index contributed by atoms with van der Waals surface area (Å²) in [6.07, 6.45) is -18.5. The lowest BCUT2D eigenvalue weighted by atomic mass is 9.92. The molecule has 2 aromatic carbocycles. The van der Waals surface area contributed by atoms with E-state index in [1.165, 1.54) is 24.3 Å². The Kier molecular flexibility index (Phi) is 11.6. The zero-order valence-corrected chi connectivity index (χ0v) is 29.1. The van der Waals surface area contributed by atoms with Crippen molar-refractivity contribution in [3.05, 3.63) is 64.5 Å². The number of nitrogens with one attached hydrogen (secondary N) is 1. The van der Waals surface area contributed by atoms with E-state index in [9.17, 15) is 65.4 Å². The Morgan fingerprint density at radius 2 is 1.53 bits per heavy atom. The molecule has 1 unspecified atom stereocenters. The molecule has 298 valence electrons. The van der Waals surface area contributed by atoms with Gasteiger partial charge >= 0.3 is 11.9 Å². The highest BCUT2D eigenvalue weighted by atomic mass is 16.7. The van der Waals surface area contributed by atoms with E-state index in [1.807, 2.05) is 13.0 Å². The molecule has 0 bridgehead atoms. The van der Waals surface area contributed by atoms with Gasteiger partial charge in [-0.1, -0.05) is 19.4 Å². The highest BCUT2D eigenvalue weighted by Gasteiger charge is 2.53. The minimum absolute atomic E-state index is 0.000932. The third-order valence-electron chi connectivity index (χ3n) is 9.69. The fourth-order valence-electron chi connectivity index (χ4n) is 6.60. The first kappa shape index (κ1) is 39.7. The van der Waals surface area contributed by atoms with E-state index in [0.717, 1.165) is 25.0 Å². The lowest BCUT2D eigenvalue weighted by molar-refractivity contribution is -0.302. The number of Topliss-reactive ketones (excluding diaryl/α,β-unsaturated/α-hetero) is 1. The summed E-state index contributed by atoms with van der Waals surface area (Å²) in [5.41, 5.74) is 1.64. The number of aryl methyl sites for hydroxylation is 1. The fraction of sp³-hybridized carbons (Fsp3) is 0.472. The van der Waals surface area contributed by atoms with Crippen molar-refractivity contribution in [2.24, 2.45) is 0 Å². The first-order valence-corrected chi connectivity index (χ1v) is 17.4. The van der Waals surface area contributed by atoms with E-state index in [1.54, 1.807) is 6.20 Å². The smallest absolute Gasteiger partial charge is 0.340 e. The van der Waals surface area contributed by atoms with E-state index in [0.29, 0.717) is 11.1 Å². The maximum absolute atomic E-state index is 13.5. The number of carbonyl (C=O) groups is 3. The molecule has 19 heteroatoms. The lowest BCUT2D eigenvalue weighted by Crippen LogP contribution is -2.63. The van der Waals surface area contributed by atoms with E-state index in [2.05, 4.69) is 4.98 Å². The normalized spacial score (nSPS) is 30.6. The van der Waals surface area contributed by atoms with Gasteiger partial charge < -0.3 is 79.7 Å². The second-order valence-corrected chi connectivity index (χ2v) is 13.6. The Morgan fingerprint density at radius 1 is 0.855 bits per heavy atom. The number of fused-ring (bicyclic) bond motifs is 1. The molecule has 3 aromatic rings. The number of benzene rings is 2. The number of rotatable bonds is 11. The number of aromatic amines is 1. The number of ketones is 1. The molecule has 55 heavy (non-hydrogen) atoms. The molecule has 19 nitrogen and oxygen atoms in total. The molecule has 3 aliphatic heterocycles. The molecule has 11 N–H and O–H groups in total. The average molecular weight is 776 g/mol. The molecule has 4 heterocycles. The summed E-state index contributed by atoms with van der Waals surface area (Å²) in [6.45, 7) is 2.03. The van der Waals surface area contributed by atoms with E-state index >= 15 is 0 Å². The Bertz CT molecular complexity index is 1910. The molecule has 0 aliphatic carbocycles. The third-order valence-corrected chi connectivity index (χ3v) is 9.69. The van der Waals surface area contributed by atoms with Gasteiger partial charge in [-0.05, 0) is 42.2 Å². The minimum atomic E-state index is -2.20. The zero-order chi connectivity index (χ0) is 39.9. The third kappa shape index (κ3) is 7.91. The number of esters is 1. The van der Waals surface area contributed by atoms with Crippen molar-refractivity contribution < 1.29 is 89.1 Å². The molecular weight excluding hydrogens is 734 g/mol. The SMILES string of the molecule is CCCCc1cc(Cc2c(O[C@H]3O[C@H](C(=O)O[C@H]4O[C@H](C(=O)O)[C@@H](O)[C@H](O)[C@H]4O)[C@@H](O)[C@H](O)[C@H]3O)cc3c(c2O)C(=O)CC(c2ccc(O)c(O)c2)O3)c[nH]1. The van der Waals surface area contributed by atoms with Crippen molar-refractivity contribution in [1.82, 2.24) is 4.98 Å². The van der Waals surface area contributed by atoms with Gasteiger partial charge in [0.25, 0.3) is 0 Å². The van der Waals surface area contributed by atoms with Gasteiger partial charge in [0.15, 0.2) is 29.5 Å². The van der Waals surface area contributed by atoms with Crippen LogP contribution in [0, 0.1) is 0 Å². The maximum atomic E-state index is 13.5. The Morgan fingerprint density at radius 3 is 2.20 bits per heavy atom. The number of ether oxygens (including phenoxy) is 5. The molecule has 1 aromatic heterocycles. The van der Waals surface area contributed by atoms with Gasteiger partial charge in [0.1, 0.15) is 65.5 Å². The van der Waals surface area contributed by atoms with Gasteiger partial charge in [-0.25, -0.2) is 9.59 Å². The van der Waals surface area contributed by atoms with Crippen LogP contribution in [0.3, 0.4) is 0 Å². The highest BCUT2D eigenvalue weighted by molar-refractivity contribution is 6.03. The zero-order valence-electron chi connectivity index (χ0n) is 29.1. The number of H-pyrrole nitrogens is 1. The van der Waals surface area contributed by atoms with Crippen LogP contribution in [0.25, 0.3) is 0 Å². The van der Waals surface area contributed by atoms with Crippen LogP contribution < -0.4 is 9.47 Å². The summed E-state index contributed by atoms with van der Waals surface area (Å²) >= 11 is 0. The van der Waals surface area contributed by atoms with E-state index < -0.39 is 102 Å². The number of aromatic nitrogens is 1. The van der Waals surface area contributed by atoms with Crippen LogP contribution >= 0.6 is 0 Å². The van der Waals surface area contributed by atoms with Gasteiger partial charge in [0.05, 0.1) is 6.42 Å². The van der Waals surface area contributed by atoms with Crippen LogP contribution in [-0.2, 0) is 36.6 Å². The molecule has 11 atom stereocenters. The Hall–Kier alpha value is -4.99. The number of carbonyl (C=O) groups excluding carboxylic acids is 2. The molecule has 0 radical (unpaired) electrons. The summed E-state index contributed by atoms with van der Waals surface area (Å²) in [7, 11) is 0. The molecule has 3 aliphatic rings. The Balaban J connectivity index is 1.32. The highest BCUT2D eigenvalue weighted by Crippen LogP contribution is 2.47. The van der Waals surface area contributed by atoms with Crippen molar-refractivity contribution >= 4 is 17.7 Å². The van der Waals surface area contributed by atoms with Gasteiger partial charge in [0.2, 0.25) is 12.6 Å². The summed E-state index contributed by atoms with van der Waals surface area (Å²) in [6, 6.07) is 6.88. The van der Waals surface area contributed by atoms with Crippen LogP contribution in [-0.4, -0.2) is 135 Å². The minimum Gasteiger partial charge on any atom is -0.507 e. The number of aliphatic hydroxyl groups excluding tert-OH is 6. The number of aromatic hydroxyl groups is 3. The summed E-state index contributed by atoms with van der Waals surface area (Å²) in [5, 5.41) is 104. The van der Waals surface area contributed by atoms with Crippen molar-refractivity contribution in [1.29, 1.82) is 0 Å². The fourth-order valence-corrected chi connectivity index (χ4v) is 6.60. The number of aliphatic carboxylic acids is 1. The van der Waals surface area contributed by atoms with Crippen LogP contribution in [0.5, 0.6) is 28.7 Å². The number of aliphatic hydroxyl groups is 6. The molecule has 6 rings (SSSR count). The van der Waals surface area contributed by atoms with Gasteiger partial charge in [-0.2, -0.15) is 0 Å². The molecule has 2 fully saturated rings. The first-order valence-electron chi connectivity index (χ1n) is 17.4. The molecular formula is C36H41NO18. The second-order valence-electron chi connectivity index (χ2n) is 13.6. The monoisotopic (exact) mass is 775 g/mol. The van der Waals surface area contributed by atoms with Crippen molar-refractivity contribution in [3.8, 4) is 28.7 Å². The number of hydrogen-bond acceptors (Lipinski definition) is 17. The maximum Gasteiger partial charge on any atom is 0.340 e. The molecule has 0 spiro atoms.